The molecule has 14 heteroatoms. The predicted molar refractivity (Wildman–Crippen MR) is 95.3 cm³/mol. The van der Waals surface area contributed by atoms with Crippen LogP contribution >= 0.6 is 0 Å². The maximum atomic E-state index is 12.5. The Hall–Kier alpha value is -2.74. The third-order valence-corrected chi connectivity index (χ3v) is 5.13. The fraction of sp³-hybridized carbons (Fsp3) is 0.706. The highest BCUT2D eigenvalue weighted by Gasteiger charge is 2.66. The Labute approximate surface area is 175 Å². The summed E-state index contributed by atoms with van der Waals surface area (Å²) < 4.78 is 41.4. The zero-order valence-corrected chi connectivity index (χ0v) is 17.5. The van der Waals surface area contributed by atoms with Crippen molar-refractivity contribution >= 4 is 29.7 Å². The fourth-order valence-electron chi connectivity index (χ4n) is 3.60. The number of carboxylic acid groups (broad SMARTS) is 1. The first-order chi connectivity index (χ1) is 14.1. The second kappa shape index (κ2) is 9.60. The molecule has 0 unspecified atom stereocenters. The molecule has 0 aromatic rings. The third kappa shape index (κ3) is 5.31. The largest absolute Gasteiger partial charge is 0.490 e. The van der Waals surface area contributed by atoms with Crippen molar-refractivity contribution in [3.8, 4) is 0 Å². The van der Waals surface area contributed by atoms with Gasteiger partial charge in [0.05, 0.1) is 18.9 Å². The van der Waals surface area contributed by atoms with Crippen molar-refractivity contribution in [2.75, 3.05) is 41.5 Å². The zero-order valence-electron chi connectivity index (χ0n) is 17.5. The molecular formula is C17H24F3N3O8. The molecule has 2 aliphatic rings. The topological polar surface area (TPSA) is 143 Å². The van der Waals surface area contributed by atoms with Gasteiger partial charge in [0.2, 0.25) is 17.7 Å². The lowest BCUT2D eigenvalue weighted by Gasteiger charge is -2.29. The lowest BCUT2D eigenvalue weighted by atomic mass is 9.81. The number of hydrogen-bond acceptors (Lipinski definition) is 8. The number of halogens is 3. The molecule has 0 bridgehead atoms. The number of alkyl halides is 3. The van der Waals surface area contributed by atoms with Gasteiger partial charge in [0.1, 0.15) is 12.1 Å². The average Bonchev–Trinajstić information content (AvgIpc) is 3.09. The molecule has 176 valence electrons. The number of nitrogens with zero attached hydrogens (tertiary/aromatic N) is 2. The van der Waals surface area contributed by atoms with Gasteiger partial charge in [-0.3, -0.25) is 29.4 Å². The summed E-state index contributed by atoms with van der Waals surface area (Å²) in [5, 5.41) is 10.2. The molecule has 2 aliphatic heterocycles. The smallest absolute Gasteiger partial charge is 0.475 e. The van der Waals surface area contributed by atoms with E-state index in [0.717, 1.165) is 4.90 Å². The van der Waals surface area contributed by atoms with Gasteiger partial charge in [-0.25, -0.2) is 4.79 Å². The minimum Gasteiger partial charge on any atom is -0.475 e. The van der Waals surface area contributed by atoms with Gasteiger partial charge in [0.25, 0.3) is 0 Å². The van der Waals surface area contributed by atoms with Crippen LogP contribution in [-0.2, 0) is 33.4 Å². The minimum atomic E-state index is -5.08. The summed E-state index contributed by atoms with van der Waals surface area (Å²) in [5.74, 6) is -5.97. The molecule has 0 radical (unpaired) electrons. The fourth-order valence-corrected chi connectivity index (χ4v) is 3.60. The first-order valence-corrected chi connectivity index (χ1v) is 8.84. The summed E-state index contributed by atoms with van der Waals surface area (Å²) in [6.07, 6.45) is -5.08. The summed E-state index contributed by atoms with van der Waals surface area (Å²) in [6.45, 7) is 1.64. The lowest BCUT2D eigenvalue weighted by molar-refractivity contribution is -0.192. The number of ether oxygens (including phenoxy) is 2. The van der Waals surface area contributed by atoms with Crippen LogP contribution < -0.4 is 5.32 Å². The summed E-state index contributed by atoms with van der Waals surface area (Å²) >= 11 is 0. The molecular weight excluding hydrogens is 431 g/mol. The highest BCUT2D eigenvalue weighted by Crippen LogP contribution is 2.42. The van der Waals surface area contributed by atoms with Gasteiger partial charge in [-0.15, -0.1) is 0 Å². The van der Waals surface area contributed by atoms with Gasteiger partial charge in [-0.05, 0) is 6.92 Å². The molecule has 2 fully saturated rings. The molecule has 2 heterocycles. The summed E-state index contributed by atoms with van der Waals surface area (Å²) in [6, 6.07) is -0.536. The molecule has 3 amide bonds. The highest BCUT2D eigenvalue weighted by molar-refractivity contribution is 6.09. The van der Waals surface area contributed by atoms with Crippen molar-refractivity contribution in [2.45, 2.75) is 24.7 Å². The number of rotatable bonds is 5. The Bertz CT molecular complexity index is 759. The number of likely N-dealkylation sites (tertiary alicyclic amines) is 1. The van der Waals surface area contributed by atoms with Gasteiger partial charge < -0.3 is 19.5 Å². The Balaban J connectivity index is 0.000000592. The van der Waals surface area contributed by atoms with Crippen molar-refractivity contribution in [2.24, 2.45) is 11.8 Å². The molecule has 4 atom stereocenters. The predicted octanol–water partition coefficient (Wildman–Crippen LogP) is -1.14. The highest BCUT2D eigenvalue weighted by atomic mass is 19.4. The van der Waals surface area contributed by atoms with E-state index in [0.29, 0.717) is 0 Å². The van der Waals surface area contributed by atoms with Crippen molar-refractivity contribution in [3.05, 3.63) is 0 Å². The number of hydrogen-bond donors (Lipinski definition) is 2. The normalized spacial score (nSPS) is 27.4. The number of esters is 1. The summed E-state index contributed by atoms with van der Waals surface area (Å²) in [7, 11) is 5.63. The van der Waals surface area contributed by atoms with E-state index < -0.39 is 47.4 Å². The number of imide groups is 1. The van der Waals surface area contributed by atoms with Gasteiger partial charge in [0, 0.05) is 33.8 Å². The van der Waals surface area contributed by atoms with Crippen LogP contribution in [0.3, 0.4) is 0 Å². The Kier molecular flexibility index (Phi) is 8.14. The van der Waals surface area contributed by atoms with Crippen molar-refractivity contribution in [1.82, 2.24) is 15.1 Å². The van der Waals surface area contributed by atoms with Gasteiger partial charge in [0.15, 0.2) is 0 Å². The number of methoxy groups -OCH3 is 2. The molecule has 0 aliphatic carbocycles. The number of likely N-dealkylation sites (N-methyl/N-ethyl adjacent to an activating group) is 1. The van der Waals surface area contributed by atoms with Crippen LogP contribution in [0.15, 0.2) is 0 Å². The van der Waals surface area contributed by atoms with Gasteiger partial charge >= 0.3 is 18.1 Å². The maximum absolute atomic E-state index is 12.5. The number of carbonyl (C=O) groups excluding carboxylic acids is 4. The number of nitrogens with one attached hydrogen (secondary N) is 1. The number of carbonyl (C=O) groups is 5. The van der Waals surface area contributed by atoms with Gasteiger partial charge in [-0.1, -0.05) is 0 Å². The SMILES string of the molecule is COCC(=O)N(C)C[C@H]1N[C@@](C)(C(=O)OC)[C@H]2C(=O)N(C)C(=O)[C@@H]12.O=C(O)C(F)(F)F. The quantitative estimate of drug-likeness (QED) is 0.388. The molecule has 11 nitrogen and oxygen atoms in total. The molecule has 2 rings (SSSR count). The summed E-state index contributed by atoms with van der Waals surface area (Å²) in [5.41, 5.74) is -1.31. The van der Waals surface area contributed by atoms with E-state index in [1.165, 1.54) is 26.2 Å². The first kappa shape index (κ1) is 26.3. The molecule has 0 spiro atoms. The van der Waals surface area contributed by atoms with E-state index in [9.17, 15) is 32.3 Å². The molecule has 2 N–H and O–H groups in total. The number of aliphatic carboxylic acids is 1. The number of amides is 3. The van der Waals surface area contributed by atoms with Gasteiger partial charge in [-0.2, -0.15) is 13.2 Å². The molecule has 31 heavy (non-hydrogen) atoms. The third-order valence-electron chi connectivity index (χ3n) is 5.13. The van der Waals surface area contributed by atoms with Crippen molar-refractivity contribution in [1.29, 1.82) is 0 Å². The number of fused-ring (bicyclic) bond motifs is 1. The van der Waals surface area contributed by atoms with Crippen LogP contribution in [0.2, 0.25) is 0 Å². The Morgan fingerprint density at radius 2 is 1.74 bits per heavy atom. The van der Waals surface area contributed by atoms with E-state index >= 15 is 0 Å². The Morgan fingerprint density at radius 3 is 2.16 bits per heavy atom. The standard InChI is InChI=1S/C15H23N3O6.C2HF3O2/c1-15(14(22)24-5)11-10(12(20)18(3)13(11)21)8(16-15)6-17(2)9(19)7-23-4;3-2(4,5)1(6)7/h8,10-11,16H,6-7H2,1-5H3;(H,6,7)/t8-,10+,11-,15-;/m1./s1. The second-order valence-corrected chi connectivity index (χ2v) is 7.19. The van der Waals surface area contributed by atoms with E-state index in [4.69, 9.17) is 19.4 Å². The zero-order chi connectivity index (χ0) is 24.3. The monoisotopic (exact) mass is 455 g/mol. The first-order valence-electron chi connectivity index (χ1n) is 8.84. The van der Waals surface area contributed by atoms with Crippen molar-refractivity contribution < 1.29 is 51.7 Å². The van der Waals surface area contributed by atoms with Crippen molar-refractivity contribution in [3.63, 3.8) is 0 Å². The summed E-state index contributed by atoms with van der Waals surface area (Å²) in [4.78, 5) is 60.4. The average molecular weight is 455 g/mol. The molecule has 2 saturated heterocycles. The van der Waals surface area contributed by atoms with Crippen LogP contribution in [0, 0.1) is 11.8 Å². The number of carboxylic acids is 1. The minimum absolute atomic E-state index is 0.0850. The van der Waals surface area contributed by atoms with Crippen LogP contribution in [0.1, 0.15) is 6.92 Å². The maximum Gasteiger partial charge on any atom is 0.490 e. The van der Waals surface area contributed by atoms with Crippen LogP contribution in [0.5, 0.6) is 0 Å². The van der Waals surface area contributed by atoms with Crippen LogP contribution in [-0.4, -0.2) is 104 Å². The van der Waals surface area contributed by atoms with Crippen LogP contribution in [0.25, 0.3) is 0 Å². The second-order valence-electron chi connectivity index (χ2n) is 7.19. The molecule has 0 aromatic heterocycles. The Morgan fingerprint density at radius 1 is 1.23 bits per heavy atom. The van der Waals surface area contributed by atoms with E-state index in [2.05, 4.69) is 5.32 Å². The van der Waals surface area contributed by atoms with E-state index in [1.54, 1.807) is 14.0 Å². The van der Waals surface area contributed by atoms with Crippen LogP contribution in [0.4, 0.5) is 13.2 Å². The lowest BCUT2D eigenvalue weighted by Crippen LogP contribution is -2.56. The van der Waals surface area contributed by atoms with E-state index in [1.807, 2.05) is 0 Å². The van der Waals surface area contributed by atoms with E-state index in [-0.39, 0.29) is 25.0 Å². The molecule has 0 aromatic carbocycles. The molecule has 0 saturated carbocycles.